The van der Waals surface area contributed by atoms with Gasteiger partial charge in [-0.2, -0.15) is 10.2 Å². The number of nitrogens with one attached hydrogen (secondary N) is 4. The minimum atomic E-state index is 0. The lowest BCUT2D eigenvalue weighted by atomic mass is 10.1. The third-order valence-corrected chi connectivity index (χ3v) is 4.80. The van der Waals surface area contributed by atoms with Gasteiger partial charge in [0.25, 0.3) is 0 Å². The van der Waals surface area contributed by atoms with Crippen molar-refractivity contribution in [2.75, 3.05) is 26.2 Å². The van der Waals surface area contributed by atoms with Gasteiger partial charge in [-0.05, 0) is 17.7 Å². The van der Waals surface area contributed by atoms with E-state index in [1.165, 1.54) is 0 Å². The van der Waals surface area contributed by atoms with Crippen molar-refractivity contribution < 1.29 is 0 Å². The number of halogens is 1. The molecule has 4 heterocycles. The Morgan fingerprint density at radius 1 is 0.812 bits per heavy atom. The Hall–Kier alpha value is -3.48. The van der Waals surface area contributed by atoms with Crippen molar-refractivity contribution in [1.82, 2.24) is 30.9 Å². The predicted octanol–water partition coefficient (Wildman–Crippen LogP) is 1.38. The summed E-state index contributed by atoms with van der Waals surface area (Å²) in [6.07, 6.45) is 7.53. The second-order valence-corrected chi connectivity index (χ2v) is 7.03. The minimum Gasteiger partial charge on any atom is -0.353 e. The Kier molecular flexibility index (Phi) is 6.94. The van der Waals surface area contributed by atoms with E-state index in [0.29, 0.717) is 11.9 Å². The summed E-state index contributed by atoms with van der Waals surface area (Å²) in [4.78, 5) is 13.2. The Morgan fingerprint density at radius 2 is 1.44 bits per heavy atom. The first-order chi connectivity index (χ1) is 15.3. The van der Waals surface area contributed by atoms with Crippen molar-refractivity contribution in [1.29, 1.82) is 0 Å². The first-order valence-electron chi connectivity index (χ1n) is 10.1. The van der Waals surface area contributed by atoms with E-state index in [0.717, 1.165) is 54.2 Å². The van der Waals surface area contributed by atoms with Gasteiger partial charge in [0.05, 0.1) is 31.2 Å². The van der Waals surface area contributed by atoms with Crippen molar-refractivity contribution >= 4 is 54.0 Å². The fraction of sp³-hybridized carbons (Fsp3) is 0.190. The molecule has 3 aromatic rings. The average Bonchev–Trinajstić information content (AvgIpc) is 3.56. The van der Waals surface area contributed by atoms with Gasteiger partial charge in [0.1, 0.15) is 5.65 Å². The SMILES string of the molecule is C(=N\NC1=NCCN1)/c1ccc(-c2cn3cc(/C=N/NC4=NCCN4)ccc3n2)cc1.I. The number of hydrazone groups is 2. The standard InChI is InChI=1S/C21H22N10.HI/c1-4-17(5-2-15(1)11-26-29-20-22-7-8-23-20)18-14-31-13-16(3-6-19(31)28-18)12-27-30-21-24-9-10-25-21;/h1-6,11-14H,7-10H2,(H2,22,23,29)(H2,24,25,30);1H/b26-11+,27-12+;. The van der Waals surface area contributed by atoms with Crippen LogP contribution in [0.1, 0.15) is 11.1 Å². The van der Waals surface area contributed by atoms with Crippen LogP contribution in [0.4, 0.5) is 0 Å². The molecule has 0 aliphatic carbocycles. The van der Waals surface area contributed by atoms with E-state index in [1.54, 1.807) is 12.4 Å². The summed E-state index contributed by atoms with van der Waals surface area (Å²) in [7, 11) is 0. The van der Waals surface area contributed by atoms with Gasteiger partial charge in [-0.25, -0.2) is 25.8 Å². The molecular weight excluding hydrogens is 519 g/mol. The highest BCUT2D eigenvalue weighted by Gasteiger charge is 2.06. The van der Waals surface area contributed by atoms with Crippen molar-refractivity contribution in [3.63, 3.8) is 0 Å². The van der Waals surface area contributed by atoms with E-state index >= 15 is 0 Å². The molecule has 11 heteroatoms. The maximum Gasteiger partial charge on any atom is 0.212 e. The molecule has 0 fully saturated rings. The molecule has 5 rings (SSSR count). The first kappa shape index (κ1) is 21.7. The first-order valence-corrected chi connectivity index (χ1v) is 10.1. The van der Waals surface area contributed by atoms with Gasteiger partial charge in [0.15, 0.2) is 0 Å². The van der Waals surface area contributed by atoms with Gasteiger partial charge >= 0.3 is 0 Å². The zero-order chi connectivity index (χ0) is 20.9. The van der Waals surface area contributed by atoms with Crippen LogP contribution in [0.15, 0.2) is 69.0 Å². The predicted molar refractivity (Wildman–Crippen MR) is 138 cm³/mol. The number of guanidine groups is 2. The molecule has 10 nitrogen and oxygen atoms in total. The quantitative estimate of drug-likeness (QED) is 0.221. The molecule has 0 saturated carbocycles. The second kappa shape index (κ2) is 10.2. The van der Waals surface area contributed by atoms with Crippen molar-refractivity contribution in [3.05, 3.63) is 59.9 Å². The number of pyridine rings is 1. The van der Waals surface area contributed by atoms with Gasteiger partial charge in [0, 0.05) is 36.6 Å². The number of benzene rings is 1. The largest absolute Gasteiger partial charge is 0.353 e. The van der Waals surface area contributed by atoms with E-state index in [9.17, 15) is 0 Å². The van der Waals surface area contributed by atoms with Crippen molar-refractivity contribution in [2.45, 2.75) is 0 Å². The highest BCUT2D eigenvalue weighted by Crippen LogP contribution is 2.19. The maximum absolute atomic E-state index is 4.72. The highest BCUT2D eigenvalue weighted by molar-refractivity contribution is 14.0. The second-order valence-electron chi connectivity index (χ2n) is 7.03. The maximum atomic E-state index is 4.72. The van der Waals surface area contributed by atoms with Gasteiger partial charge in [0.2, 0.25) is 11.9 Å². The molecule has 2 aliphatic rings. The van der Waals surface area contributed by atoms with Crippen LogP contribution >= 0.6 is 24.0 Å². The summed E-state index contributed by atoms with van der Waals surface area (Å²) in [6.45, 7) is 3.26. The lowest BCUT2D eigenvalue weighted by Gasteiger charge is -2.00. The van der Waals surface area contributed by atoms with Crippen LogP contribution in [0, 0.1) is 0 Å². The number of rotatable bonds is 5. The van der Waals surface area contributed by atoms with Crippen LogP contribution in [0.25, 0.3) is 16.9 Å². The van der Waals surface area contributed by atoms with Gasteiger partial charge in [-0.3, -0.25) is 0 Å². The monoisotopic (exact) mass is 542 g/mol. The summed E-state index contributed by atoms with van der Waals surface area (Å²) in [5.41, 5.74) is 10.6. The summed E-state index contributed by atoms with van der Waals surface area (Å²) < 4.78 is 2.00. The van der Waals surface area contributed by atoms with Crippen LogP contribution in [0.3, 0.4) is 0 Å². The zero-order valence-corrected chi connectivity index (χ0v) is 19.5. The number of imidazole rings is 1. The van der Waals surface area contributed by atoms with Crippen LogP contribution in [-0.2, 0) is 0 Å². The third-order valence-electron chi connectivity index (χ3n) is 4.80. The number of hydrogen-bond acceptors (Lipinski definition) is 9. The fourth-order valence-corrected chi connectivity index (χ4v) is 3.25. The van der Waals surface area contributed by atoms with Gasteiger partial charge in [-0.1, -0.05) is 24.3 Å². The van der Waals surface area contributed by atoms with Gasteiger partial charge in [-0.15, -0.1) is 24.0 Å². The molecule has 4 N–H and O–H groups in total. The molecule has 0 unspecified atom stereocenters. The number of aromatic nitrogens is 2. The van der Waals surface area contributed by atoms with Gasteiger partial charge < -0.3 is 15.0 Å². The Bertz CT molecular complexity index is 1190. The number of fused-ring (bicyclic) bond motifs is 1. The fourth-order valence-electron chi connectivity index (χ4n) is 3.25. The highest BCUT2D eigenvalue weighted by atomic mass is 127. The van der Waals surface area contributed by atoms with Crippen LogP contribution in [0.2, 0.25) is 0 Å². The molecule has 0 amide bonds. The van der Waals surface area contributed by atoms with E-state index in [1.807, 2.05) is 53.2 Å². The molecule has 0 atom stereocenters. The topological polar surface area (TPSA) is 115 Å². The molecular formula is C21H23IN10. The lowest BCUT2D eigenvalue weighted by molar-refractivity contribution is 0.919. The van der Waals surface area contributed by atoms with Crippen molar-refractivity contribution in [3.8, 4) is 11.3 Å². The van der Waals surface area contributed by atoms with Crippen LogP contribution < -0.4 is 21.5 Å². The smallest absolute Gasteiger partial charge is 0.212 e. The summed E-state index contributed by atoms with van der Waals surface area (Å²) in [5, 5.41) is 14.6. The van der Waals surface area contributed by atoms with E-state index in [2.05, 4.69) is 41.7 Å². The summed E-state index contributed by atoms with van der Waals surface area (Å²) >= 11 is 0. The van der Waals surface area contributed by atoms with E-state index in [-0.39, 0.29) is 24.0 Å². The molecule has 0 saturated heterocycles. The van der Waals surface area contributed by atoms with E-state index in [4.69, 9.17) is 4.98 Å². The molecule has 0 spiro atoms. The number of aliphatic imine (C=N–C) groups is 2. The zero-order valence-electron chi connectivity index (χ0n) is 17.2. The molecule has 2 aromatic heterocycles. The molecule has 164 valence electrons. The van der Waals surface area contributed by atoms with Crippen LogP contribution in [0.5, 0.6) is 0 Å². The Balaban J connectivity index is 0.00000245. The molecule has 1 aromatic carbocycles. The normalized spacial score (nSPS) is 15.4. The van der Waals surface area contributed by atoms with Crippen molar-refractivity contribution in [2.24, 2.45) is 20.2 Å². The molecule has 0 bridgehead atoms. The third kappa shape index (κ3) is 5.22. The lowest BCUT2D eigenvalue weighted by Crippen LogP contribution is -2.30. The molecule has 2 aliphatic heterocycles. The summed E-state index contributed by atoms with van der Waals surface area (Å²) in [5.74, 6) is 1.41. The Morgan fingerprint density at radius 3 is 2.06 bits per heavy atom. The number of hydrogen-bond donors (Lipinski definition) is 4. The molecule has 32 heavy (non-hydrogen) atoms. The average molecular weight is 542 g/mol. The number of nitrogens with zero attached hydrogens (tertiary/aromatic N) is 6. The van der Waals surface area contributed by atoms with E-state index < -0.39 is 0 Å². The minimum absolute atomic E-state index is 0. The molecule has 0 radical (unpaired) electrons. The van der Waals surface area contributed by atoms with Crippen LogP contribution in [-0.4, -0.2) is 59.9 Å². The Labute approximate surface area is 202 Å². The summed E-state index contributed by atoms with van der Waals surface area (Å²) in [6, 6.07) is 12.1.